The van der Waals surface area contributed by atoms with E-state index in [-0.39, 0.29) is 63.5 Å². The first kappa shape index (κ1) is 21.3. The van der Waals surface area contributed by atoms with Gasteiger partial charge in [-0.15, -0.1) is 0 Å². The van der Waals surface area contributed by atoms with Crippen molar-refractivity contribution >= 4 is 40.7 Å². The fraction of sp³-hybridized carbons (Fsp3) is 0.368. The zero-order valence-corrected chi connectivity index (χ0v) is 17.7. The van der Waals surface area contributed by atoms with E-state index in [0.29, 0.717) is 4.73 Å². The molecule has 160 valence electrons. The number of benzene rings is 1. The predicted molar refractivity (Wildman–Crippen MR) is 107 cm³/mol. The number of aromatic nitrogens is 1. The molecule has 6 nitrogen and oxygen atoms in total. The normalized spacial score (nSPS) is 16.8. The maximum atomic E-state index is 13.0. The number of nitrogens with zero attached hydrogens (tertiary/aromatic N) is 1. The van der Waals surface area contributed by atoms with E-state index in [0.717, 1.165) is 23.9 Å². The summed E-state index contributed by atoms with van der Waals surface area (Å²) in [7, 11) is 0. The fourth-order valence-corrected chi connectivity index (χ4v) is 4.93. The van der Waals surface area contributed by atoms with Crippen molar-refractivity contribution in [3.63, 3.8) is 0 Å². The van der Waals surface area contributed by atoms with Crippen molar-refractivity contribution in [2.75, 3.05) is 24.7 Å². The summed E-state index contributed by atoms with van der Waals surface area (Å²) in [6, 6.07) is 2.59. The third-order valence-electron chi connectivity index (χ3n) is 4.85. The van der Waals surface area contributed by atoms with E-state index in [1.165, 1.54) is 12.1 Å². The van der Waals surface area contributed by atoms with Crippen molar-refractivity contribution in [2.45, 2.75) is 13.0 Å². The van der Waals surface area contributed by atoms with Crippen LogP contribution in [-0.4, -0.2) is 37.1 Å². The van der Waals surface area contributed by atoms with E-state index in [1.54, 1.807) is 11.8 Å². The summed E-state index contributed by atoms with van der Waals surface area (Å²) in [6.07, 6.45) is 1.96. The Kier molecular flexibility index (Phi) is 5.87. The van der Waals surface area contributed by atoms with Crippen molar-refractivity contribution in [3.8, 4) is 17.2 Å². The molecule has 0 N–H and O–H groups in total. The van der Waals surface area contributed by atoms with Crippen LogP contribution in [-0.2, 0) is 6.42 Å². The topological polar surface area (TPSA) is 71.7 Å². The van der Waals surface area contributed by atoms with Crippen molar-refractivity contribution in [1.82, 2.24) is 0 Å². The maximum absolute atomic E-state index is 13.0. The second-order valence-electron chi connectivity index (χ2n) is 7.11. The highest BCUT2D eigenvalue weighted by Gasteiger charge is 2.43. The molecule has 0 amide bonds. The van der Waals surface area contributed by atoms with Gasteiger partial charge in [-0.2, -0.15) is 25.3 Å². The molecule has 0 radical (unpaired) electrons. The molecule has 1 aromatic carbocycles. The number of ether oxygens (including phenoxy) is 3. The van der Waals surface area contributed by atoms with Gasteiger partial charge >= 0.3 is 6.61 Å². The Labute approximate surface area is 184 Å². The second kappa shape index (κ2) is 8.28. The molecule has 1 spiro atoms. The smallest absolute Gasteiger partial charge is 0.387 e. The van der Waals surface area contributed by atoms with Crippen LogP contribution in [0, 0.1) is 10.6 Å². The summed E-state index contributed by atoms with van der Waals surface area (Å²) >= 11 is 13.9. The van der Waals surface area contributed by atoms with Gasteiger partial charge in [-0.1, -0.05) is 23.2 Å². The number of Topliss-reactive ketones (excluding diaryl/α,β-unsaturated/α-hetero) is 1. The Morgan fingerprint density at radius 3 is 2.40 bits per heavy atom. The number of carbonyl (C=O) groups excluding carboxylic acids is 1. The summed E-state index contributed by atoms with van der Waals surface area (Å²) in [5.41, 5.74) is 0.167. The molecule has 1 aromatic heterocycles. The minimum Gasteiger partial charge on any atom is -0.619 e. The second-order valence-corrected chi connectivity index (χ2v) is 8.91. The van der Waals surface area contributed by atoms with Crippen molar-refractivity contribution < 1.29 is 32.5 Å². The van der Waals surface area contributed by atoms with Gasteiger partial charge < -0.3 is 19.4 Å². The number of halogens is 4. The number of thioether (sulfide) groups is 1. The Morgan fingerprint density at radius 2 is 1.83 bits per heavy atom. The molecule has 1 saturated heterocycles. The molecular formula is C19H15Cl2F2NO5S. The van der Waals surface area contributed by atoms with E-state index >= 15 is 0 Å². The average molecular weight is 478 g/mol. The van der Waals surface area contributed by atoms with Crippen LogP contribution in [0.25, 0.3) is 0 Å². The third-order valence-corrected chi connectivity index (χ3v) is 7.13. The summed E-state index contributed by atoms with van der Waals surface area (Å²) in [4.78, 5) is 13.0. The van der Waals surface area contributed by atoms with Gasteiger partial charge in [0, 0.05) is 23.5 Å². The Balaban J connectivity index is 1.69. The summed E-state index contributed by atoms with van der Waals surface area (Å²) < 4.78 is 42.4. The maximum Gasteiger partial charge on any atom is 0.387 e. The number of ketones is 1. The van der Waals surface area contributed by atoms with Crippen molar-refractivity contribution in [2.24, 2.45) is 5.41 Å². The van der Waals surface area contributed by atoms with Crippen molar-refractivity contribution in [3.05, 3.63) is 50.9 Å². The minimum atomic E-state index is -3.06. The zero-order valence-electron chi connectivity index (χ0n) is 15.3. The monoisotopic (exact) mass is 477 g/mol. The summed E-state index contributed by atoms with van der Waals surface area (Å²) in [5, 5.41) is 11.5. The lowest BCUT2D eigenvalue weighted by Gasteiger charge is -2.38. The molecule has 2 aliphatic rings. The summed E-state index contributed by atoms with van der Waals surface area (Å²) in [5.74, 6) is 1.000. The zero-order chi connectivity index (χ0) is 21.5. The van der Waals surface area contributed by atoms with E-state index in [1.807, 2.05) is 0 Å². The van der Waals surface area contributed by atoms with Gasteiger partial charge in [-0.3, -0.25) is 4.79 Å². The van der Waals surface area contributed by atoms with Gasteiger partial charge in [-0.25, -0.2) is 0 Å². The van der Waals surface area contributed by atoms with Crippen LogP contribution in [0.4, 0.5) is 8.78 Å². The van der Waals surface area contributed by atoms with Crippen LogP contribution >= 0.6 is 35.0 Å². The molecule has 0 saturated carbocycles. The summed E-state index contributed by atoms with van der Waals surface area (Å²) in [6.45, 7) is -2.50. The molecule has 4 rings (SSSR count). The number of alkyl halides is 2. The molecule has 30 heavy (non-hydrogen) atoms. The minimum absolute atomic E-state index is 0.0300. The molecule has 11 heteroatoms. The largest absolute Gasteiger partial charge is 0.619 e. The number of pyridine rings is 1. The van der Waals surface area contributed by atoms with Gasteiger partial charge in [0.25, 0.3) is 0 Å². The first-order chi connectivity index (χ1) is 14.3. The number of hydrogen-bond donors (Lipinski definition) is 0. The van der Waals surface area contributed by atoms with Crippen LogP contribution in [0.15, 0.2) is 24.5 Å². The van der Waals surface area contributed by atoms with Gasteiger partial charge in [0.05, 0.1) is 24.2 Å². The van der Waals surface area contributed by atoms with Gasteiger partial charge in [0.15, 0.2) is 29.7 Å². The van der Waals surface area contributed by atoms with E-state index in [9.17, 15) is 18.8 Å². The highest BCUT2D eigenvalue weighted by Crippen LogP contribution is 2.48. The molecule has 0 bridgehead atoms. The number of carbonyl (C=O) groups is 1. The molecule has 3 heterocycles. The first-order valence-corrected chi connectivity index (χ1v) is 10.7. The quantitative estimate of drug-likeness (QED) is 0.365. The first-order valence-electron chi connectivity index (χ1n) is 8.83. The highest BCUT2D eigenvalue weighted by atomic mass is 35.5. The van der Waals surface area contributed by atoms with Crippen LogP contribution < -0.4 is 18.9 Å². The Bertz CT molecular complexity index is 980. The van der Waals surface area contributed by atoms with E-state index in [4.69, 9.17) is 32.7 Å². The van der Waals surface area contributed by atoms with Crippen LogP contribution in [0.2, 0.25) is 10.0 Å². The number of rotatable bonds is 5. The third kappa shape index (κ3) is 4.10. The Hall–Kier alpha value is -1.97. The van der Waals surface area contributed by atoms with Gasteiger partial charge in [0.2, 0.25) is 5.75 Å². The van der Waals surface area contributed by atoms with Gasteiger partial charge in [-0.05, 0) is 12.1 Å². The lowest BCUT2D eigenvalue weighted by Crippen LogP contribution is -2.45. The lowest BCUT2D eigenvalue weighted by atomic mass is 9.94. The van der Waals surface area contributed by atoms with E-state index < -0.39 is 12.4 Å². The average Bonchev–Trinajstić information content (AvgIpc) is 2.85. The molecule has 0 atom stereocenters. The predicted octanol–water partition coefficient (Wildman–Crippen LogP) is 4.16. The SMILES string of the molecule is O=C(Cc1c(Cl)c[n+]([O-])cc1Cl)c1ccc(OC(F)F)c2c1OCC1(CO2)CSC1. The van der Waals surface area contributed by atoms with Gasteiger partial charge in [0.1, 0.15) is 10.0 Å². The molecule has 0 aliphatic carbocycles. The standard InChI is InChI=1S/C19H15Cl2F2NO5S/c20-12-4-24(26)5-13(21)11(12)3-14(25)10-1-2-15(29-18(22)23)17-16(10)27-6-19(7-28-17)8-30-9-19/h1-2,4-5,18H,3,6-9H2. The van der Waals surface area contributed by atoms with E-state index in [2.05, 4.69) is 4.74 Å². The molecule has 0 unspecified atom stereocenters. The number of fused-ring (bicyclic) bond motifs is 1. The van der Waals surface area contributed by atoms with Crippen molar-refractivity contribution in [1.29, 1.82) is 0 Å². The molecular weight excluding hydrogens is 463 g/mol. The van der Waals surface area contributed by atoms with Crippen LogP contribution in [0.1, 0.15) is 15.9 Å². The van der Waals surface area contributed by atoms with Crippen LogP contribution in [0.3, 0.4) is 0 Å². The molecule has 2 aliphatic heterocycles. The highest BCUT2D eigenvalue weighted by molar-refractivity contribution is 8.00. The molecule has 1 fully saturated rings. The number of hydrogen-bond acceptors (Lipinski definition) is 6. The Morgan fingerprint density at radius 1 is 1.20 bits per heavy atom. The fourth-order valence-electron chi connectivity index (χ4n) is 3.24. The van der Waals surface area contributed by atoms with Crippen LogP contribution in [0.5, 0.6) is 17.2 Å². The lowest BCUT2D eigenvalue weighted by molar-refractivity contribution is -0.605. The molecule has 2 aromatic rings.